The van der Waals surface area contributed by atoms with Gasteiger partial charge in [-0.05, 0) is 79.5 Å². The van der Waals surface area contributed by atoms with Crippen LogP contribution in [0.4, 0.5) is 5.69 Å². The second kappa shape index (κ2) is 15.7. The maximum Gasteiger partial charge on any atom is 0.339 e. The number of nitrogens with zero attached hydrogens (tertiary/aromatic N) is 1. The molecule has 2 N–H and O–H groups in total. The summed E-state index contributed by atoms with van der Waals surface area (Å²) in [5.41, 5.74) is 2.84. The Labute approximate surface area is 244 Å². The van der Waals surface area contributed by atoms with E-state index in [9.17, 15) is 19.5 Å². The lowest BCUT2D eigenvalue weighted by molar-refractivity contribution is -0.121. The first kappa shape index (κ1) is 33.1. The standard InChI is InChI=1S/C27H36N2O4.C5H9ClO/c1-4-33-25-17-20(12-13-22(25)27(31)32)18-26(30)28-23(16-19(2)3)21-10-6-7-11-24(21)29-14-8-5-9-15-29;1-5(2,3)4(6)7/h6-7,10-13,17,19,23H,4-5,8-9,14-16,18H2,1-3H3,(H,28,30)(H,31,32);1-3H3. The van der Waals surface area contributed by atoms with E-state index in [0.717, 1.165) is 30.6 Å². The number of rotatable bonds is 10. The number of carbonyl (C=O) groups is 3. The second-order valence-electron chi connectivity index (χ2n) is 11.6. The maximum atomic E-state index is 13.1. The average molecular weight is 573 g/mol. The van der Waals surface area contributed by atoms with E-state index in [1.807, 2.05) is 6.07 Å². The molecule has 0 aromatic heterocycles. The van der Waals surface area contributed by atoms with E-state index in [-0.39, 0.29) is 34.6 Å². The van der Waals surface area contributed by atoms with E-state index in [0.29, 0.717) is 18.3 Å². The van der Waals surface area contributed by atoms with E-state index >= 15 is 0 Å². The molecule has 1 saturated heterocycles. The highest BCUT2D eigenvalue weighted by Crippen LogP contribution is 2.32. The van der Waals surface area contributed by atoms with Crippen molar-refractivity contribution in [2.24, 2.45) is 11.3 Å². The highest BCUT2D eigenvalue weighted by molar-refractivity contribution is 6.64. The molecule has 1 heterocycles. The largest absolute Gasteiger partial charge is 0.493 e. The number of para-hydroxylation sites is 1. The summed E-state index contributed by atoms with van der Waals surface area (Å²) in [6, 6.07) is 13.2. The highest BCUT2D eigenvalue weighted by atomic mass is 35.5. The highest BCUT2D eigenvalue weighted by Gasteiger charge is 2.23. The zero-order valence-electron chi connectivity index (χ0n) is 24.8. The van der Waals surface area contributed by atoms with Crippen LogP contribution in [0.25, 0.3) is 0 Å². The molecule has 1 fully saturated rings. The molecule has 0 aliphatic carbocycles. The van der Waals surface area contributed by atoms with E-state index in [2.05, 4.69) is 42.3 Å². The number of halogens is 1. The van der Waals surface area contributed by atoms with Crippen LogP contribution in [0.2, 0.25) is 0 Å². The van der Waals surface area contributed by atoms with Crippen molar-refractivity contribution < 1.29 is 24.2 Å². The van der Waals surface area contributed by atoms with Gasteiger partial charge in [0.1, 0.15) is 11.3 Å². The number of hydrogen-bond acceptors (Lipinski definition) is 5. The van der Waals surface area contributed by atoms with E-state index in [4.69, 9.17) is 16.3 Å². The number of ether oxygens (including phenoxy) is 1. The summed E-state index contributed by atoms with van der Waals surface area (Å²) in [5.74, 6) is -0.408. The number of anilines is 1. The molecular formula is C32H45ClN2O5. The van der Waals surface area contributed by atoms with Crippen LogP contribution in [0.5, 0.6) is 5.75 Å². The lowest BCUT2D eigenvalue weighted by Gasteiger charge is -2.33. The van der Waals surface area contributed by atoms with E-state index in [1.54, 1.807) is 39.8 Å². The summed E-state index contributed by atoms with van der Waals surface area (Å²) in [4.78, 5) is 37.2. The summed E-state index contributed by atoms with van der Waals surface area (Å²) in [5, 5.41) is 12.3. The molecule has 0 spiro atoms. The molecule has 7 nitrogen and oxygen atoms in total. The van der Waals surface area contributed by atoms with Gasteiger partial charge in [-0.3, -0.25) is 9.59 Å². The molecule has 1 aliphatic heterocycles. The first-order chi connectivity index (χ1) is 18.8. The lowest BCUT2D eigenvalue weighted by atomic mass is 9.94. The molecule has 40 heavy (non-hydrogen) atoms. The number of nitrogens with one attached hydrogen (secondary N) is 1. The van der Waals surface area contributed by atoms with Crippen LogP contribution < -0.4 is 15.0 Å². The monoisotopic (exact) mass is 572 g/mol. The zero-order valence-corrected chi connectivity index (χ0v) is 25.5. The van der Waals surface area contributed by atoms with Crippen LogP contribution in [-0.4, -0.2) is 41.9 Å². The molecular weight excluding hydrogens is 528 g/mol. The minimum absolute atomic E-state index is 0.0831. The number of amides is 1. The van der Waals surface area contributed by atoms with Crippen LogP contribution in [0.1, 0.15) is 94.8 Å². The van der Waals surface area contributed by atoms with Crippen LogP contribution >= 0.6 is 11.6 Å². The van der Waals surface area contributed by atoms with Gasteiger partial charge in [-0.25, -0.2) is 4.79 Å². The molecule has 0 saturated carbocycles. The minimum atomic E-state index is -1.04. The number of hydrogen-bond donors (Lipinski definition) is 2. The number of carbonyl (C=O) groups excluding carboxylic acids is 2. The third-order valence-corrected chi connectivity index (χ3v) is 7.15. The van der Waals surface area contributed by atoms with Crippen molar-refractivity contribution in [2.75, 3.05) is 24.6 Å². The Morgan fingerprint density at radius 2 is 1.68 bits per heavy atom. The fourth-order valence-corrected chi connectivity index (χ4v) is 4.50. The normalized spacial score (nSPS) is 14.2. The smallest absolute Gasteiger partial charge is 0.339 e. The maximum absolute atomic E-state index is 13.1. The average Bonchev–Trinajstić information content (AvgIpc) is 2.88. The molecule has 0 bridgehead atoms. The third kappa shape index (κ3) is 10.5. The Morgan fingerprint density at radius 1 is 1.05 bits per heavy atom. The number of aromatic carboxylic acids is 1. The van der Waals surface area contributed by atoms with E-state index < -0.39 is 5.97 Å². The van der Waals surface area contributed by atoms with Gasteiger partial charge in [0.15, 0.2) is 0 Å². The topological polar surface area (TPSA) is 95.9 Å². The lowest BCUT2D eigenvalue weighted by Crippen LogP contribution is -2.34. The first-order valence-corrected chi connectivity index (χ1v) is 14.5. The van der Waals surface area contributed by atoms with Gasteiger partial charge in [-0.15, -0.1) is 0 Å². The zero-order chi connectivity index (χ0) is 29.9. The fraction of sp³-hybridized carbons (Fsp3) is 0.531. The molecule has 2 aromatic carbocycles. The van der Waals surface area contributed by atoms with Crippen molar-refractivity contribution in [1.82, 2.24) is 5.32 Å². The molecule has 220 valence electrons. The molecule has 3 rings (SSSR count). The fourth-order valence-electron chi connectivity index (χ4n) is 4.50. The quantitative estimate of drug-likeness (QED) is 0.297. The van der Waals surface area contributed by atoms with Crippen molar-refractivity contribution in [3.63, 3.8) is 0 Å². The Morgan fingerprint density at radius 3 is 2.23 bits per heavy atom. The molecule has 8 heteroatoms. The summed E-state index contributed by atoms with van der Waals surface area (Å²) in [6.45, 7) is 13.9. The molecule has 1 amide bonds. The predicted molar refractivity (Wildman–Crippen MR) is 161 cm³/mol. The molecule has 0 radical (unpaired) electrons. The molecule has 1 unspecified atom stereocenters. The number of carboxylic acid groups (broad SMARTS) is 1. The molecule has 2 aromatic rings. The minimum Gasteiger partial charge on any atom is -0.493 e. The second-order valence-corrected chi connectivity index (χ2v) is 12.0. The van der Waals surface area contributed by atoms with Gasteiger partial charge in [0.05, 0.1) is 19.1 Å². The number of carboxylic acids is 1. The van der Waals surface area contributed by atoms with Crippen molar-refractivity contribution in [1.29, 1.82) is 0 Å². The summed E-state index contributed by atoms with van der Waals surface area (Å²) in [6.07, 6.45) is 4.68. The van der Waals surface area contributed by atoms with Gasteiger partial charge in [0, 0.05) is 24.2 Å². The number of piperidine rings is 1. The Balaban J connectivity index is 0.000000708. The van der Waals surface area contributed by atoms with Gasteiger partial charge in [-0.1, -0.05) is 58.9 Å². The van der Waals surface area contributed by atoms with Crippen LogP contribution in [0, 0.1) is 11.3 Å². The third-order valence-electron chi connectivity index (χ3n) is 6.58. The van der Waals surface area contributed by atoms with E-state index in [1.165, 1.54) is 31.0 Å². The van der Waals surface area contributed by atoms with Gasteiger partial charge in [0.2, 0.25) is 11.1 Å². The Kier molecular flexibility index (Phi) is 13.0. The van der Waals surface area contributed by atoms with Gasteiger partial charge < -0.3 is 20.1 Å². The summed E-state index contributed by atoms with van der Waals surface area (Å²) >= 11 is 5.11. The predicted octanol–water partition coefficient (Wildman–Crippen LogP) is 7.02. The first-order valence-electron chi connectivity index (χ1n) is 14.2. The number of benzene rings is 2. The van der Waals surface area contributed by atoms with Crippen molar-refractivity contribution in [2.45, 2.75) is 79.7 Å². The van der Waals surface area contributed by atoms with Crippen molar-refractivity contribution in [3.8, 4) is 5.75 Å². The van der Waals surface area contributed by atoms with Crippen molar-refractivity contribution in [3.05, 3.63) is 59.2 Å². The van der Waals surface area contributed by atoms with Gasteiger partial charge in [0.25, 0.3) is 0 Å². The van der Waals surface area contributed by atoms with Crippen molar-refractivity contribution >= 4 is 34.4 Å². The van der Waals surface area contributed by atoms with Crippen LogP contribution in [0.15, 0.2) is 42.5 Å². The summed E-state index contributed by atoms with van der Waals surface area (Å²) in [7, 11) is 0. The van der Waals surface area contributed by atoms with Crippen LogP contribution in [-0.2, 0) is 16.0 Å². The Bertz CT molecular complexity index is 1140. The SMILES string of the molecule is CC(C)(C)C(=O)Cl.CCOc1cc(CC(=O)NC(CC(C)C)c2ccccc2N2CCCCC2)ccc1C(=O)O. The Hall–Kier alpha value is -3.06. The van der Waals surface area contributed by atoms with Gasteiger partial charge in [-0.2, -0.15) is 0 Å². The molecule has 1 atom stereocenters. The van der Waals surface area contributed by atoms with Crippen LogP contribution in [0.3, 0.4) is 0 Å². The molecule has 1 aliphatic rings. The summed E-state index contributed by atoms with van der Waals surface area (Å²) < 4.78 is 5.49. The van der Waals surface area contributed by atoms with Gasteiger partial charge >= 0.3 is 5.97 Å².